The highest BCUT2D eigenvalue weighted by Gasteiger charge is 2.26. The first-order chi connectivity index (χ1) is 8.70. The van der Waals surface area contributed by atoms with Crippen molar-refractivity contribution < 1.29 is 9.90 Å². The molecule has 3 nitrogen and oxygen atoms in total. The lowest BCUT2D eigenvalue weighted by Gasteiger charge is -2.21. The van der Waals surface area contributed by atoms with E-state index in [0.29, 0.717) is 0 Å². The molecular formula is C15H19NO2. The maximum Gasteiger partial charge on any atom is 0.246 e. The van der Waals surface area contributed by atoms with Crippen LogP contribution in [0.15, 0.2) is 30.3 Å². The van der Waals surface area contributed by atoms with Crippen molar-refractivity contribution in [3.63, 3.8) is 0 Å². The van der Waals surface area contributed by atoms with Gasteiger partial charge in [0.1, 0.15) is 0 Å². The third-order valence-corrected chi connectivity index (χ3v) is 3.33. The van der Waals surface area contributed by atoms with Crippen LogP contribution in [0.3, 0.4) is 0 Å². The largest absolute Gasteiger partial charge is 0.394 e. The smallest absolute Gasteiger partial charge is 0.246 e. The molecule has 0 aromatic heterocycles. The summed E-state index contributed by atoms with van der Waals surface area (Å²) >= 11 is 0. The Bertz CT molecular complexity index is 454. The summed E-state index contributed by atoms with van der Waals surface area (Å²) in [6.45, 7) is 2.84. The Labute approximate surface area is 108 Å². The van der Waals surface area contributed by atoms with E-state index in [-0.39, 0.29) is 18.6 Å². The minimum atomic E-state index is -0.00643. The maximum absolute atomic E-state index is 12.0. The van der Waals surface area contributed by atoms with Gasteiger partial charge in [-0.05, 0) is 31.4 Å². The number of aryl methyl sites for hydroxylation is 1. The molecule has 1 saturated heterocycles. The molecule has 3 heteroatoms. The van der Waals surface area contributed by atoms with Gasteiger partial charge in [-0.1, -0.05) is 29.8 Å². The molecule has 0 bridgehead atoms. The third kappa shape index (κ3) is 2.99. The van der Waals surface area contributed by atoms with Crippen LogP contribution in [0.4, 0.5) is 0 Å². The monoisotopic (exact) mass is 245 g/mol. The number of aliphatic hydroxyl groups excluding tert-OH is 1. The highest BCUT2D eigenvalue weighted by Crippen LogP contribution is 2.17. The summed E-state index contributed by atoms with van der Waals surface area (Å²) < 4.78 is 0. The number of carbonyl (C=O) groups is 1. The van der Waals surface area contributed by atoms with Crippen molar-refractivity contribution in [2.24, 2.45) is 0 Å². The fraction of sp³-hybridized carbons (Fsp3) is 0.400. The lowest BCUT2D eigenvalue weighted by Crippen LogP contribution is -2.36. The van der Waals surface area contributed by atoms with Gasteiger partial charge in [-0.3, -0.25) is 4.79 Å². The third-order valence-electron chi connectivity index (χ3n) is 3.33. The Hall–Kier alpha value is -1.61. The Morgan fingerprint density at radius 3 is 3.11 bits per heavy atom. The first kappa shape index (κ1) is 12.8. The predicted octanol–water partition coefficient (Wildman–Crippen LogP) is 1.99. The second kappa shape index (κ2) is 5.83. The molecule has 1 heterocycles. The number of hydrogen-bond donors (Lipinski definition) is 1. The summed E-state index contributed by atoms with van der Waals surface area (Å²) in [7, 11) is 0. The van der Waals surface area contributed by atoms with Gasteiger partial charge in [-0.25, -0.2) is 0 Å². The van der Waals surface area contributed by atoms with E-state index in [0.717, 1.165) is 24.9 Å². The average molecular weight is 245 g/mol. The van der Waals surface area contributed by atoms with Crippen molar-refractivity contribution in [1.29, 1.82) is 0 Å². The summed E-state index contributed by atoms with van der Waals surface area (Å²) in [6.07, 6.45) is 5.32. The van der Waals surface area contributed by atoms with Crippen LogP contribution in [0, 0.1) is 6.92 Å². The number of likely N-dealkylation sites (tertiary alicyclic amines) is 1. The molecule has 18 heavy (non-hydrogen) atoms. The quantitative estimate of drug-likeness (QED) is 0.827. The summed E-state index contributed by atoms with van der Waals surface area (Å²) in [5.41, 5.74) is 2.21. The standard InChI is InChI=1S/C15H19NO2/c1-12-4-2-5-13(10-12)7-8-15(18)16-9-3-6-14(16)11-17/h2,4-5,7-8,10,14,17H,3,6,9,11H2,1H3. The Morgan fingerprint density at radius 2 is 2.39 bits per heavy atom. The molecule has 1 N–H and O–H groups in total. The van der Waals surface area contributed by atoms with Crippen LogP contribution >= 0.6 is 0 Å². The van der Waals surface area contributed by atoms with E-state index in [2.05, 4.69) is 0 Å². The topological polar surface area (TPSA) is 40.5 Å². The van der Waals surface area contributed by atoms with Gasteiger partial charge in [-0.15, -0.1) is 0 Å². The summed E-state index contributed by atoms with van der Waals surface area (Å²) in [4.78, 5) is 13.8. The fourth-order valence-electron chi connectivity index (χ4n) is 2.35. The van der Waals surface area contributed by atoms with Crippen LogP contribution in [0.2, 0.25) is 0 Å². The molecule has 2 rings (SSSR count). The molecule has 1 aromatic carbocycles. The Morgan fingerprint density at radius 1 is 1.56 bits per heavy atom. The molecule has 1 atom stereocenters. The fourth-order valence-corrected chi connectivity index (χ4v) is 2.35. The molecule has 0 aliphatic carbocycles. The SMILES string of the molecule is Cc1cccc(C=CC(=O)N2CCCC2CO)c1. The van der Waals surface area contributed by atoms with E-state index in [1.807, 2.05) is 37.3 Å². The summed E-state index contributed by atoms with van der Waals surface area (Å²) in [6, 6.07) is 8.02. The second-order valence-corrected chi connectivity index (χ2v) is 4.76. The van der Waals surface area contributed by atoms with Crippen molar-refractivity contribution >= 4 is 12.0 Å². The first-order valence-electron chi connectivity index (χ1n) is 6.37. The van der Waals surface area contributed by atoms with Crippen molar-refractivity contribution in [2.75, 3.05) is 13.2 Å². The zero-order chi connectivity index (χ0) is 13.0. The van der Waals surface area contributed by atoms with E-state index in [9.17, 15) is 9.90 Å². The number of carbonyl (C=O) groups excluding carboxylic acids is 1. The van der Waals surface area contributed by atoms with E-state index in [4.69, 9.17) is 0 Å². The zero-order valence-electron chi connectivity index (χ0n) is 10.7. The number of rotatable bonds is 3. The van der Waals surface area contributed by atoms with Crippen LogP contribution in [0.1, 0.15) is 24.0 Å². The van der Waals surface area contributed by atoms with Crippen LogP contribution in [-0.2, 0) is 4.79 Å². The van der Waals surface area contributed by atoms with Gasteiger partial charge in [0.2, 0.25) is 5.91 Å². The van der Waals surface area contributed by atoms with E-state index < -0.39 is 0 Å². The zero-order valence-corrected chi connectivity index (χ0v) is 10.7. The van der Waals surface area contributed by atoms with Crippen LogP contribution in [0.25, 0.3) is 6.08 Å². The number of amides is 1. The molecule has 1 aromatic rings. The highest BCUT2D eigenvalue weighted by molar-refractivity contribution is 5.92. The molecule has 0 spiro atoms. The van der Waals surface area contributed by atoms with Crippen LogP contribution in [-0.4, -0.2) is 35.1 Å². The van der Waals surface area contributed by atoms with Crippen LogP contribution in [0.5, 0.6) is 0 Å². The first-order valence-corrected chi connectivity index (χ1v) is 6.37. The lowest BCUT2D eigenvalue weighted by atomic mass is 10.1. The second-order valence-electron chi connectivity index (χ2n) is 4.76. The number of hydrogen-bond acceptors (Lipinski definition) is 2. The van der Waals surface area contributed by atoms with Crippen molar-refractivity contribution in [3.05, 3.63) is 41.5 Å². The van der Waals surface area contributed by atoms with Gasteiger partial charge in [-0.2, -0.15) is 0 Å². The lowest BCUT2D eigenvalue weighted by molar-refractivity contribution is -0.127. The Balaban J connectivity index is 2.02. The average Bonchev–Trinajstić information content (AvgIpc) is 2.84. The maximum atomic E-state index is 12.0. The van der Waals surface area contributed by atoms with Crippen molar-refractivity contribution in [2.45, 2.75) is 25.8 Å². The summed E-state index contributed by atoms with van der Waals surface area (Å²) in [5, 5.41) is 9.19. The van der Waals surface area contributed by atoms with E-state index >= 15 is 0 Å². The molecule has 1 aliphatic rings. The number of aliphatic hydroxyl groups is 1. The molecule has 0 radical (unpaired) electrons. The molecule has 96 valence electrons. The highest BCUT2D eigenvalue weighted by atomic mass is 16.3. The predicted molar refractivity (Wildman–Crippen MR) is 72.0 cm³/mol. The van der Waals surface area contributed by atoms with Gasteiger partial charge in [0, 0.05) is 12.6 Å². The van der Waals surface area contributed by atoms with E-state index in [1.165, 1.54) is 5.56 Å². The van der Waals surface area contributed by atoms with Gasteiger partial charge in [0.25, 0.3) is 0 Å². The Kier molecular flexibility index (Phi) is 4.15. The molecule has 1 fully saturated rings. The summed E-state index contributed by atoms with van der Waals surface area (Å²) in [5.74, 6) is -0.00643. The van der Waals surface area contributed by atoms with Crippen molar-refractivity contribution in [3.8, 4) is 0 Å². The normalized spacial score (nSPS) is 19.7. The number of nitrogens with zero attached hydrogens (tertiary/aromatic N) is 1. The molecule has 1 amide bonds. The van der Waals surface area contributed by atoms with Gasteiger partial charge < -0.3 is 10.0 Å². The van der Waals surface area contributed by atoms with E-state index in [1.54, 1.807) is 11.0 Å². The minimum Gasteiger partial charge on any atom is -0.394 e. The van der Waals surface area contributed by atoms with Crippen LogP contribution < -0.4 is 0 Å². The van der Waals surface area contributed by atoms with Gasteiger partial charge >= 0.3 is 0 Å². The number of benzene rings is 1. The minimum absolute atomic E-state index is 0.000315. The van der Waals surface area contributed by atoms with Gasteiger partial charge in [0.05, 0.1) is 12.6 Å². The molecule has 1 unspecified atom stereocenters. The van der Waals surface area contributed by atoms with Gasteiger partial charge in [0.15, 0.2) is 0 Å². The molecular weight excluding hydrogens is 226 g/mol. The molecule has 1 aliphatic heterocycles. The van der Waals surface area contributed by atoms with Crippen molar-refractivity contribution in [1.82, 2.24) is 4.90 Å². The molecule has 0 saturated carbocycles.